The molecule has 0 aliphatic rings. The van der Waals surface area contributed by atoms with E-state index in [0.717, 1.165) is 29.1 Å². The van der Waals surface area contributed by atoms with E-state index in [-0.39, 0.29) is 5.84 Å². The molecule has 0 unspecified atom stereocenters. The van der Waals surface area contributed by atoms with Crippen molar-refractivity contribution in [1.82, 2.24) is 9.55 Å². The summed E-state index contributed by atoms with van der Waals surface area (Å²) in [6, 6.07) is 12.5. The van der Waals surface area contributed by atoms with Crippen LogP contribution in [0.15, 0.2) is 60.9 Å². The van der Waals surface area contributed by atoms with Crippen LogP contribution in [0.2, 0.25) is 0 Å². The molecule has 4 nitrogen and oxygen atoms in total. The molecule has 26 heavy (non-hydrogen) atoms. The van der Waals surface area contributed by atoms with Gasteiger partial charge in [0, 0.05) is 30.9 Å². The van der Waals surface area contributed by atoms with Crippen LogP contribution in [0.3, 0.4) is 0 Å². The van der Waals surface area contributed by atoms with Gasteiger partial charge in [-0.1, -0.05) is 30.3 Å². The second-order valence-electron chi connectivity index (χ2n) is 5.96. The lowest BCUT2D eigenvalue weighted by atomic mass is 10.1. The minimum Gasteiger partial charge on any atom is -0.384 e. The van der Waals surface area contributed by atoms with Gasteiger partial charge in [-0.3, -0.25) is 5.41 Å². The highest BCUT2D eigenvalue weighted by molar-refractivity contribution is 5.95. The zero-order valence-corrected chi connectivity index (χ0v) is 13.8. The lowest BCUT2D eigenvalue weighted by Gasteiger charge is -2.10. The van der Waals surface area contributed by atoms with Crippen molar-refractivity contribution in [3.8, 4) is 0 Å². The van der Waals surface area contributed by atoms with Gasteiger partial charge in [0.1, 0.15) is 11.7 Å². The highest BCUT2D eigenvalue weighted by atomic mass is 19.4. The van der Waals surface area contributed by atoms with Gasteiger partial charge in [-0.25, -0.2) is 4.98 Å². The van der Waals surface area contributed by atoms with E-state index in [1.54, 1.807) is 12.3 Å². The molecule has 134 valence electrons. The van der Waals surface area contributed by atoms with Gasteiger partial charge in [-0.15, -0.1) is 0 Å². The lowest BCUT2D eigenvalue weighted by Crippen LogP contribution is -2.12. The molecule has 0 saturated carbocycles. The lowest BCUT2D eigenvalue weighted by molar-refractivity contribution is -0.137. The molecule has 0 bridgehead atoms. The first-order valence-corrected chi connectivity index (χ1v) is 7.92. The number of halogens is 3. The number of amidine groups is 1. The Labute approximate surface area is 148 Å². The molecule has 0 aliphatic heterocycles. The number of imidazole rings is 1. The third-order valence-corrected chi connectivity index (χ3v) is 4.04. The Bertz CT molecular complexity index is 911. The van der Waals surface area contributed by atoms with Crippen LogP contribution in [0.5, 0.6) is 0 Å². The number of alkyl halides is 3. The molecule has 3 N–H and O–H groups in total. The number of benzene rings is 2. The van der Waals surface area contributed by atoms with Gasteiger partial charge in [0.25, 0.3) is 0 Å². The molecule has 0 aliphatic carbocycles. The van der Waals surface area contributed by atoms with Crippen LogP contribution in [0.4, 0.5) is 13.2 Å². The monoisotopic (exact) mass is 358 g/mol. The summed E-state index contributed by atoms with van der Waals surface area (Å²) in [6.07, 6.45) is -0.426. The maximum Gasteiger partial charge on any atom is 0.416 e. The van der Waals surface area contributed by atoms with Gasteiger partial charge < -0.3 is 10.3 Å². The SMILES string of the molecule is N=C(N)c1cccc(Cn2ccnc2Cc2ccc(C(F)(F)F)cc2)c1. The smallest absolute Gasteiger partial charge is 0.384 e. The molecule has 0 fully saturated rings. The molecule has 0 amide bonds. The number of rotatable bonds is 5. The summed E-state index contributed by atoms with van der Waals surface area (Å²) in [6.45, 7) is 0.539. The number of nitrogens with zero attached hydrogens (tertiary/aromatic N) is 2. The second kappa shape index (κ2) is 7.03. The van der Waals surface area contributed by atoms with E-state index in [0.29, 0.717) is 18.5 Å². The van der Waals surface area contributed by atoms with Gasteiger partial charge in [0.05, 0.1) is 5.56 Å². The van der Waals surface area contributed by atoms with Gasteiger partial charge in [0.2, 0.25) is 0 Å². The van der Waals surface area contributed by atoms with Crippen LogP contribution in [-0.2, 0) is 19.1 Å². The fraction of sp³-hybridized carbons (Fsp3) is 0.158. The van der Waals surface area contributed by atoms with Crippen LogP contribution < -0.4 is 5.73 Å². The summed E-state index contributed by atoms with van der Waals surface area (Å²) in [5, 5.41) is 7.51. The molecule has 1 heterocycles. The summed E-state index contributed by atoms with van der Waals surface area (Å²) in [4.78, 5) is 4.31. The highest BCUT2D eigenvalue weighted by Crippen LogP contribution is 2.29. The van der Waals surface area contributed by atoms with Crippen LogP contribution >= 0.6 is 0 Å². The standard InChI is InChI=1S/C19H17F3N4/c20-19(21,22)16-6-4-13(5-7-16)11-17-25-8-9-26(17)12-14-2-1-3-15(10-14)18(23)24/h1-10H,11-12H2,(H3,23,24). The Morgan fingerprint density at radius 3 is 2.46 bits per heavy atom. The second-order valence-corrected chi connectivity index (χ2v) is 5.96. The average Bonchev–Trinajstić information content (AvgIpc) is 3.01. The van der Waals surface area contributed by atoms with Crippen molar-refractivity contribution in [2.45, 2.75) is 19.1 Å². The zero-order valence-electron chi connectivity index (χ0n) is 13.8. The molecule has 1 aromatic heterocycles. The maximum absolute atomic E-state index is 12.7. The number of nitrogens with one attached hydrogen (secondary N) is 1. The Kier molecular flexibility index (Phi) is 4.79. The Morgan fingerprint density at radius 2 is 1.81 bits per heavy atom. The predicted molar refractivity (Wildman–Crippen MR) is 93.0 cm³/mol. The molecular formula is C19H17F3N4. The quantitative estimate of drug-likeness (QED) is 0.538. The van der Waals surface area contributed by atoms with Crippen molar-refractivity contribution in [2.75, 3.05) is 0 Å². The number of hydrogen-bond donors (Lipinski definition) is 2. The van der Waals surface area contributed by atoms with Crippen molar-refractivity contribution in [3.05, 3.63) is 89.0 Å². The molecule has 0 radical (unpaired) electrons. The van der Waals surface area contributed by atoms with Crippen molar-refractivity contribution in [1.29, 1.82) is 5.41 Å². The third kappa shape index (κ3) is 4.11. The summed E-state index contributed by atoms with van der Waals surface area (Å²) < 4.78 is 39.9. The van der Waals surface area contributed by atoms with Crippen molar-refractivity contribution in [2.24, 2.45) is 5.73 Å². The van der Waals surface area contributed by atoms with Gasteiger partial charge >= 0.3 is 6.18 Å². The van der Waals surface area contributed by atoms with Crippen molar-refractivity contribution in [3.63, 3.8) is 0 Å². The fourth-order valence-corrected chi connectivity index (χ4v) is 2.68. The van der Waals surface area contributed by atoms with Crippen molar-refractivity contribution >= 4 is 5.84 Å². The van der Waals surface area contributed by atoms with E-state index in [2.05, 4.69) is 4.98 Å². The molecular weight excluding hydrogens is 341 g/mol. The van der Waals surface area contributed by atoms with Gasteiger partial charge in [0.15, 0.2) is 0 Å². The largest absolute Gasteiger partial charge is 0.416 e. The van der Waals surface area contributed by atoms with E-state index in [1.165, 1.54) is 12.1 Å². The van der Waals surface area contributed by atoms with E-state index in [9.17, 15) is 13.2 Å². The molecule has 2 aromatic carbocycles. The molecule has 0 spiro atoms. The predicted octanol–water partition coefficient (Wildman–Crippen LogP) is 3.83. The Balaban J connectivity index is 1.77. The van der Waals surface area contributed by atoms with Crippen LogP contribution in [0.25, 0.3) is 0 Å². The molecule has 7 heteroatoms. The topological polar surface area (TPSA) is 67.7 Å². The number of nitrogen functional groups attached to an aromatic ring is 1. The normalized spacial score (nSPS) is 11.5. The van der Waals surface area contributed by atoms with Crippen LogP contribution in [-0.4, -0.2) is 15.4 Å². The summed E-state index contributed by atoms with van der Waals surface area (Å²) >= 11 is 0. The number of nitrogens with two attached hydrogens (primary N) is 1. The minimum atomic E-state index is -4.33. The van der Waals surface area contributed by atoms with Gasteiger partial charge in [-0.2, -0.15) is 13.2 Å². The molecule has 0 saturated heterocycles. The van der Waals surface area contributed by atoms with E-state index < -0.39 is 11.7 Å². The summed E-state index contributed by atoms with van der Waals surface area (Å²) in [5.41, 5.74) is 7.21. The number of hydrogen-bond acceptors (Lipinski definition) is 2. The van der Waals surface area contributed by atoms with E-state index in [4.69, 9.17) is 11.1 Å². The van der Waals surface area contributed by atoms with Gasteiger partial charge in [-0.05, 0) is 29.3 Å². The van der Waals surface area contributed by atoms with Crippen LogP contribution in [0, 0.1) is 5.41 Å². The molecule has 3 rings (SSSR count). The minimum absolute atomic E-state index is 0.00228. The zero-order chi connectivity index (χ0) is 18.7. The first-order valence-electron chi connectivity index (χ1n) is 7.92. The van der Waals surface area contributed by atoms with E-state index >= 15 is 0 Å². The van der Waals surface area contributed by atoms with E-state index in [1.807, 2.05) is 29.0 Å². The summed E-state index contributed by atoms with van der Waals surface area (Å²) in [5.74, 6) is 0.750. The fourth-order valence-electron chi connectivity index (χ4n) is 2.68. The Hall–Kier alpha value is -3.09. The maximum atomic E-state index is 12.7. The third-order valence-electron chi connectivity index (χ3n) is 4.04. The van der Waals surface area contributed by atoms with Crippen LogP contribution in [0.1, 0.15) is 28.1 Å². The summed E-state index contributed by atoms with van der Waals surface area (Å²) in [7, 11) is 0. The first kappa shape index (κ1) is 17.7. The first-order chi connectivity index (χ1) is 12.3. The average molecular weight is 358 g/mol. The van der Waals surface area contributed by atoms with Crippen molar-refractivity contribution < 1.29 is 13.2 Å². The molecule has 0 atom stereocenters. The Morgan fingerprint density at radius 1 is 1.08 bits per heavy atom. The molecule has 3 aromatic rings. The highest BCUT2D eigenvalue weighted by Gasteiger charge is 2.29. The number of aromatic nitrogens is 2.